The van der Waals surface area contributed by atoms with Gasteiger partial charge in [-0.1, -0.05) is 18.2 Å². The summed E-state index contributed by atoms with van der Waals surface area (Å²) >= 11 is 0. The molecule has 4 nitrogen and oxygen atoms in total. The maximum atomic E-state index is 12.8. The maximum Gasteiger partial charge on any atom is 0.230 e. The molecule has 0 radical (unpaired) electrons. The Morgan fingerprint density at radius 1 is 1.25 bits per heavy atom. The third-order valence-electron chi connectivity index (χ3n) is 4.13. The Hall–Kier alpha value is -1.55. The third kappa shape index (κ3) is 2.52. The van der Waals surface area contributed by atoms with E-state index >= 15 is 0 Å². The van der Waals surface area contributed by atoms with Crippen molar-refractivity contribution in [1.82, 2.24) is 10.2 Å². The van der Waals surface area contributed by atoms with Gasteiger partial charge < -0.3 is 15.0 Å². The highest BCUT2D eigenvalue weighted by Crippen LogP contribution is 2.34. The Morgan fingerprint density at radius 3 is 2.70 bits per heavy atom. The van der Waals surface area contributed by atoms with E-state index in [2.05, 4.69) is 19.2 Å². The summed E-state index contributed by atoms with van der Waals surface area (Å²) < 4.78 is 5.65. The quantitative estimate of drug-likeness (QED) is 0.848. The van der Waals surface area contributed by atoms with E-state index in [1.54, 1.807) is 0 Å². The molecule has 1 aromatic carbocycles. The van der Waals surface area contributed by atoms with Crippen molar-refractivity contribution in [3.63, 3.8) is 0 Å². The largest absolute Gasteiger partial charge is 0.493 e. The van der Waals surface area contributed by atoms with Crippen LogP contribution in [0, 0.1) is 0 Å². The van der Waals surface area contributed by atoms with Crippen LogP contribution in [-0.2, 0) is 4.79 Å². The Balaban J connectivity index is 1.81. The van der Waals surface area contributed by atoms with Crippen molar-refractivity contribution in [2.24, 2.45) is 0 Å². The molecular formula is C16H22N2O2. The SMILES string of the molecule is C[C@@H]1CN(C(=O)[C@@H]2CCOc3ccccc32)C[C@@H](C)N1. The van der Waals surface area contributed by atoms with Gasteiger partial charge in [-0.2, -0.15) is 0 Å². The number of para-hydroxylation sites is 1. The van der Waals surface area contributed by atoms with E-state index in [1.165, 1.54) is 0 Å². The zero-order valence-electron chi connectivity index (χ0n) is 12.1. The number of piperazine rings is 1. The molecule has 2 heterocycles. The van der Waals surface area contributed by atoms with Crippen LogP contribution < -0.4 is 10.1 Å². The second-order valence-electron chi connectivity index (χ2n) is 5.94. The molecule has 0 unspecified atom stereocenters. The van der Waals surface area contributed by atoms with E-state index in [4.69, 9.17) is 4.74 Å². The first-order valence-corrected chi connectivity index (χ1v) is 7.41. The molecule has 0 bridgehead atoms. The number of carbonyl (C=O) groups is 1. The van der Waals surface area contributed by atoms with Gasteiger partial charge >= 0.3 is 0 Å². The van der Waals surface area contributed by atoms with E-state index in [0.29, 0.717) is 18.7 Å². The first-order chi connectivity index (χ1) is 9.65. The maximum absolute atomic E-state index is 12.8. The molecule has 20 heavy (non-hydrogen) atoms. The second kappa shape index (κ2) is 5.44. The highest BCUT2D eigenvalue weighted by atomic mass is 16.5. The van der Waals surface area contributed by atoms with Crippen molar-refractivity contribution in [1.29, 1.82) is 0 Å². The molecule has 1 saturated heterocycles. The van der Waals surface area contributed by atoms with E-state index < -0.39 is 0 Å². The number of carbonyl (C=O) groups excluding carboxylic acids is 1. The van der Waals surface area contributed by atoms with Crippen LogP contribution in [0.2, 0.25) is 0 Å². The number of hydrogen-bond donors (Lipinski definition) is 1. The first-order valence-electron chi connectivity index (χ1n) is 7.41. The lowest BCUT2D eigenvalue weighted by Crippen LogP contribution is -2.56. The van der Waals surface area contributed by atoms with E-state index in [1.807, 2.05) is 29.2 Å². The van der Waals surface area contributed by atoms with E-state index in [0.717, 1.165) is 30.8 Å². The molecule has 3 rings (SSSR count). The fraction of sp³-hybridized carbons (Fsp3) is 0.562. The highest BCUT2D eigenvalue weighted by Gasteiger charge is 2.33. The van der Waals surface area contributed by atoms with Crippen LogP contribution in [0.15, 0.2) is 24.3 Å². The summed E-state index contributed by atoms with van der Waals surface area (Å²) in [6.45, 7) is 6.48. The monoisotopic (exact) mass is 274 g/mol. The van der Waals surface area contributed by atoms with E-state index in [9.17, 15) is 4.79 Å². The Bertz CT molecular complexity index is 493. The summed E-state index contributed by atoms with van der Waals surface area (Å²) in [7, 11) is 0. The zero-order chi connectivity index (χ0) is 14.1. The number of ether oxygens (including phenoxy) is 1. The van der Waals surface area contributed by atoms with Gasteiger partial charge in [0.1, 0.15) is 5.75 Å². The lowest BCUT2D eigenvalue weighted by Gasteiger charge is -2.38. The van der Waals surface area contributed by atoms with Crippen molar-refractivity contribution in [2.75, 3.05) is 19.7 Å². The number of amides is 1. The summed E-state index contributed by atoms with van der Waals surface area (Å²) in [6, 6.07) is 8.64. The number of hydrogen-bond acceptors (Lipinski definition) is 3. The van der Waals surface area contributed by atoms with Crippen LogP contribution >= 0.6 is 0 Å². The molecule has 3 atom stereocenters. The number of nitrogens with zero attached hydrogens (tertiary/aromatic N) is 1. The van der Waals surface area contributed by atoms with Gasteiger partial charge in [0.25, 0.3) is 0 Å². The van der Waals surface area contributed by atoms with Crippen molar-refractivity contribution in [3.05, 3.63) is 29.8 Å². The summed E-state index contributed by atoms with van der Waals surface area (Å²) in [6.07, 6.45) is 0.780. The van der Waals surface area contributed by atoms with Gasteiger partial charge in [-0.3, -0.25) is 4.79 Å². The predicted octanol–water partition coefficient (Wildman–Crippen LogP) is 1.76. The molecule has 0 saturated carbocycles. The minimum Gasteiger partial charge on any atom is -0.493 e. The summed E-state index contributed by atoms with van der Waals surface area (Å²) in [5, 5.41) is 3.47. The molecular weight excluding hydrogens is 252 g/mol. The molecule has 0 aliphatic carbocycles. The summed E-state index contributed by atoms with van der Waals surface area (Å²) in [4.78, 5) is 14.9. The van der Waals surface area contributed by atoms with Gasteiger partial charge in [-0.05, 0) is 26.3 Å². The van der Waals surface area contributed by atoms with Crippen LogP contribution in [0.5, 0.6) is 5.75 Å². The van der Waals surface area contributed by atoms with Gasteiger partial charge in [0.2, 0.25) is 5.91 Å². The predicted molar refractivity (Wildman–Crippen MR) is 77.9 cm³/mol. The van der Waals surface area contributed by atoms with Crippen LogP contribution in [0.4, 0.5) is 0 Å². The minimum absolute atomic E-state index is 0.0440. The molecule has 1 N–H and O–H groups in total. The molecule has 1 fully saturated rings. The smallest absolute Gasteiger partial charge is 0.230 e. The standard InChI is InChI=1S/C16H22N2O2/c1-11-9-18(10-12(2)17-11)16(19)14-7-8-20-15-6-4-3-5-13(14)15/h3-6,11-12,14,17H,7-10H2,1-2H3/t11-,12-,14-/m1/s1. The molecule has 0 aromatic heterocycles. The van der Waals surface area contributed by atoms with Crippen LogP contribution in [0.25, 0.3) is 0 Å². The average Bonchev–Trinajstić information content (AvgIpc) is 2.45. The van der Waals surface area contributed by atoms with Gasteiger partial charge in [0.05, 0.1) is 12.5 Å². The van der Waals surface area contributed by atoms with Gasteiger partial charge in [0.15, 0.2) is 0 Å². The average molecular weight is 274 g/mol. The number of fused-ring (bicyclic) bond motifs is 1. The van der Waals surface area contributed by atoms with Crippen molar-refractivity contribution in [2.45, 2.75) is 38.3 Å². The zero-order valence-corrected chi connectivity index (χ0v) is 12.1. The molecule has 1 amide bonds. The first kappa shape index (κ1) is 13.4. The normalized spacial score (nSPS) is 29.5. The van der Waals surface area contributed by atoms with Crippen LogP contribution in [0.3, 0.4) is 0 Å². The Kier molecular flexibility index (Phi) is 3.66. The lowest BCUT2D eigenvalue weighted by atomic mass is 9.91. The topological polar surface area (TPSA) is 41.6 Å². The van der Waals surface area contributed by atoms with Crippen LogP contribution in [0.1, 0.15) is 31.7 Å². The molecule has 0 spiro atoms. The van der Waals surface area contributed by atoms with Crippen molar-refractivity contribution < 1.29 is 9.53 Å². The van der Waals surface area contributed by atoms with Crippen molar-refractivity contribution >= 4 is 5.91 Å². The fourth-order valence-electron chi connectivity index (χ4n) is 3.33. The molecule has 4 heteroatoms. The number of rotatable bonds is 1. The molecule has 108 valence electrons. The Morgan fingerprint density at radius 2 is 1.95 bits per heavy atom. The fourth-order valence-corrected chi connectivity index (χ4v) is 3.33. The van der Waals surface area contributed by atoms with Gasteiger partial charge in [-0.25, -0.2) is 0 Å². The van der Waals surface area contributed by atoms with Crippen LogP contribution in [-0.4, -0.2) is 42.6 Å². The molecule has 2 aliphatic heterocycles. The third-order valence-corrected chi connectivity index (χ3v) is 4.13. The second-order valence-corrected chi connectivity index (χ2v) is 5.94. The molecule has 1 aromatic rings. The van der Waals surface area contributed by atoms with Gasteiger partial charge in [-0.15, -0.1) is 0 Å². The number of benzene rings is 1. The minimum atomic E-state index is -0.0440. The summed E-state index contributed by atoms with van der Waals surface area (Å²) in [5.41, 5.74) is 1.04. The lowest BCUT2D eigenvalue weighted by molar-refractivity contribution is -0.135. The summed E-state index contributed by atoms with van der Waals surface area (Å²) in [5.74, 6) is 1.08. The molecule has 2 aliphatic rings. The number of nitrogens with one attached hydrogen (secondary N) is 1. The van der Waals surface area contributed by atoms with E-state index in [-0.39, 0.29) is 11.8 Å². The van der Waals surface area contributed by atoms with Gasteiger partial charge in [0, 0.05) is 30.7 Å². The Labute approximate surface area is 120 Å². The highest BCUT2D eigenvalue weighted by molar-refractivity contribution is 5.85. The van der Waals surface area contributed by atoms with Crippen molar-refractivity contribution in [3.8, 4) is 5.75 Å².